The van der Waals surface area contributed by atoms with Crippen molar-refractivity contribution >= 4 is 17.3 Å². The molecule has 0 saturated carbocycles. The third-order valence-electron chi connectivity index (χ3n) is 3.74. The van der Waals surface area contributed by atoms with Crippen LogP contribution in [-0.4, -0.2) is 43.9 Å². The molecule has 0 spiro atoms. The van der Waals surface area contributed by atoms with Crippen LogP contribution in [0.1, 0.15) is 31.6 Å². The van der Waals surface area contributed by atoms with Crippen LogP contribution in [0.25, 0.3) is 0 Å². The van der Waals surface area contributed by atoms with Gasteiger partial charge in [-0.1, -0.05) is 17.7 Å². The van der Waals surface area contributed by atoms with Gasteiger partial charge in [0.15, 0.2) is 5.96 Å². The summed E-state index contributed by atoms with van der Waals surface area (Å²) in [4.78, 5) is 5.47. The molecule has 6 heteroatoms. The second-order valence-corrected chi connectivity index (χ2v) is 6.76. The Kier molecular flexibility index (Phi) is 7.08. The Hall–Kier alpha value is -1.37. The predicted octanol–water partition coefficient (Wildman–Crippen LogP) is 2.25. The number of rotatable bonds is 7. The molecule has 0 amide bonds. The monoisotopic (exact) mass is 337 g/mol. The highest BCUT2D eigenvalue weighted by Crippen LogP contribution is 2.25. The first kappa shape index (κ1) is 18.0. The average Bonchev–Trinajstić information content (AvgIpc) is 3.09. The number of nitrogens with zero attached hydrogens (tertiary/aromatic N) is 1. The van der Waals surface area contributed by atoms with E-state index >= 15 is 0 Å². The van der Waals surface area contributed by atoms with Crippen LogP contribution in [0, 0.1) is 0 Å². The molecule has 23 heavy (non-hydrogen) atoms. The first-order valence-corrected chi connectivity index (χ1v) is 9.04. The summed E-state index contributed by atoms with van der Waals surface area (Å²) in [5.41, 5.74) is 0.505. The third-order valence-corrected chi connectivity index (χ3v) is 4.86. The maximum Gasteiger partial charge on any atom is 0.191 e. The van der Waals surface area contributed by atoms with Gasteiger partial charge >= 0.3 is 0 Å². The van der Waals surface area contributed by atoms with E-state index in [1.165, 1.54) is 5.57 Å². The number of aliphatic hydroxyl groups is 1. The summed E-state index contributed by atoms with van der Waals surface area (Å²) in [5, 5.41) is 19.1. The lowest BCUT2D eigenvalue weighted by Gasteiger charge is -2.21. The van der Waals surface area contributed by atoms with Crippen molar-refractivity contribution < 1.29 is 9.84 Å². The number of ether oxygens (including phenoxy) is 1. The molecule has 1 aromatic heterocycles. The highest BCUT2D eigenvalue weighted by Gasteiger charge is 2.23. The summed E-state index contributed by atoms with van der Waals surface area (Å²) in [5.74, 6) is 0.747. The smallest absolute Gasteiger partial charge is 0.191 e. The van der Waals surface area contributed by atoms with E-state index < -0.39 is 5.60 Å². The van der Waals surface area contributed by atoms with Crippen molar-refractivity contribution in [2.45, 2.75) is 32.3 Å². The normalized spacial score (nSPS) is 18.2. The maximum absolute atomic E-state index is 10.5. The zero-order valence-corrected chi connectivity index (χ0v) is 14.8. The minimum Gasteiger partial charge on any atom is -0.383 e. The Labute approximate surface area is 142 Å². The van der Waals surface area contributed by atoms with Gasteiger partial charge in [-0.05, 0) is 38.1 Å². The first-order chi connectivity index (χ1) is 11.1. The molecule has 1 atom stereocenters. The van der Waals surface area contributed by atoms with Gasteiger partial charge in [-0.2, -0.15) is 0 Å². The largest absolute Gasteiger partial charge is 0.383 e. The molecule has 1 aromatic rings. The molecule has 3 N–H and O–H groups in total. The maximum atomic E-state index is 10.5. The number of aliphatic imine (C=N–C) groups is 1. The zero-order chi connectivity index (χ0) is 16.5. The molecule has 1 aliphatic heterocycles. The van der Waals surface area contributed by atoms with E-state index in [2.05, 4.69) is 21.7 Å². The summed E-state index contributed by atoms with van der Waals surface area (Å²) < 4.78 is 5.32. The van der Waals surface area contributed by atoms with E-state index in [0.717, 1.165) is 50.0 Å². The lowest BCUT2D eigenvalue weighted by Crippen LogP contribution is -2.39. The van der Waals surface area contributed by atoms with Gasteiger partial charge in [0, 0.05) is 18.0 Å². The summed E-state index contributed by atoms with van der Waals surface area (Å²) in [7, 11) is 0. The van der Waals surface area contributed by atoms with Gasteiger partial charge in [0.1, 0.15) is 5.60 Å². The van der Waals surface area contributed by atoms with E-state index in [9.17, 15) is 5.11 Å². The number of guanidine groups is 1. The molecule has 0 bridgehead atoms. The van der Waals surface area contributed by atoms with Crippen molar-refractivity contribution in [1.29, 1.82) is 0 Å². The lowest BCUT2D eigenvalue weighted by molar-refractivity contribution is 0.0711. The van der Waals surface area contributed by atoms with Gasteiger partial charge in [-0.15, -0.1) is 11.3 Å². The van der Waals surface area contributed by atoms with Crippen LogP contribution >= 0.6 is 11.3 Å². The van der Waals surface area contributed by atoms with Crippen LogP contribution in [-0.2, 0) is 10.3 Å². The van der Waals surface area contributed by atoms with Crippen LogP contribution in [0.4, 0.5) is 0 Å². The first-order valence-electron chi connectivity index (χ1n) is 8.16. The Morgan fingerprint density at radius 1 is 1.48 bits per heavy atom. The minimum atomic E-state index is -0.931. The Bertz CT molecular complexity index is 524. The molecule has 0 aliphatic carbocycles. The Morgan fingerprint density at radius 3 is 3.00 bits per heavy atom. The zero-order valence-electron chi connectivity index (χ0n) is 14.0. The van der Waals surface area contributed by atoms with Gasteiger partial charge in [-0.25, -0.2) is 4.99 Å². The minimum absolute atomic E-state index is 0.333. The third kappa shape index (κ3) is 5.97. The molecule has 0 aromatic carbocycles. The summed E-state index contributed by atoms with van der Waals surface area (Å²) in [6, 6.07) is 3.89. The highest BCUT2D eigenvalue weighted by molar-refractivity contribution is 7.10. The molecule has 128 valence electrons. The van der Waals surface area contributed by atoms with Gasteiger partial charge in [-0.3, -0.25) is 0 Å². The van der Waals surface area contributed by atoms with E-state index in [1.807, 2.05) is 24.4 Å². The molecular formula is C17H27N3O2S. The number of hydrogen-bond donors (Lipinski definition) is 3. The molecular weight excluding hydrogens is 310 g/mol. The van der Waals surface area contributed by atoms with Crippen LogP contribution in [0.15, 0.2) is 34.2 Å². The van der Waals surface area contributed by atoms with E-state index in [4.69, 9.17) is 4.74 Å². The highest BCUT2D eigenvalue weighted by atomic mass is 32.1. The molecule has 1 aliphatic rings. The fourth-order valence-electron chi connectivity index (χ4n) is 2.37. The van der Waals surface area contributed by atoms with E-state index in [-0.39, 0.29) is 0 Å². The second kappa shape index (κ2) is 9.05. The molecule has 1 unspecified atom stereocenters. The quantitative estimate of drug-likeness (QED) is 0.406. The van der Waals surface area contributed by atoms with Crippen LogP contribution in [0.5, 0.6) is 0 Å². The fraction of sp³-hybridized carbons (Fsp3) is 0.588. The fourth-order valence-corrected chi connectivity index (χ4v) is 3.15. The molecule has 2 heterocycles. The van der Waals surface area contributed by atoms with Crippen molar-refractivity contribution in [3.8, 4) is 0 Å². The summed E-state index contributed by atoms with van der Waals surface area (Å²) >= 11 is 1.55. The van der Waals surface area contributed by atoms with Gasteiger partial charge in [0.2, 0.25) is 0 Å². The van der Waals surface area contributed by atoms with Crippen molar-refractivity contribution in [3.63, 3.8) is 0 Å². The van der Waals surface area contributed by atoms with Crippen LogP contribution in [0.3, 0.4) is 0 Å². The number of thiophene rings is 1. The lowest BCUT2D eigenvalue weighted by atomic mass is 10.1. The van der Waals surface area contributed by atoms with Gasteiger partial charge in [0.25, 0.3) is 0 Å². The summed E-state index contributed by atoms with van der Waals surface area (Å²) in [6.07, 6.45) is 4.17. The van der Waals surface area contributed by atoms with E-state index in [0.29, 0.717) is 6.54 Å². The number of nitrogens with one attached hydrogen (secondary N) is 2. The molecule has 2 rings (SSSR count). The molecule has 0 radical (unpaired) electrons. The van der Waals surface area contributed by atoms with Crippen molar-refractivity contribution in [3.05, 3.63) is 34.0 Å². The van der Waals surface area contributed by atoms with Crippen LogP contribution in [0.2, 0.25) is 0 Å². The topological polar surface area (TPSA) is 65.9 Å². The second-order valence-electron chi connectivity index (χ2n) is 5.81. The molecule has 5 nitrogen and oxygen atoms in total. The average molecular weight is 337 g/mol. The predicted molar refractivity (Wildman–Crippen MR) is 96.0 cm³/mol. The van der Waals surface area contributed by atoms with Gasteiger partial charge in [0.05, 0.1) is 19.8 Å². The van der Waals surface area contributed by atoms with Crippen molar-refractivity contribution in [2.75, 3.05) is 32.8 Å². The molecule has 0 saturated heterocycles. The van der Waals surface area contributed by atoms with Crippen LogP contribution < -0.4 is 10.6 Å². The SMILES string of the molecule is CCNC(=NCC(C)(O)c1cccs1)NCCC1=CCOCC1. The van der Waals surface area contributed by atoms with E-state index in [1.54, 1.807) is 18.3 Å². The van der Waals surface area contributed by atoms with Crippen molar-refractivity contribution in [1.82, 2.24) is 10.6 Å². The Balaban J connectivity index is 1.85. The Morgan fingerprint density at radius 2 is 2.35 bits per heavy atom. The van der Waals surface area contributed by atoms with Crippen molar-refractivity contribution in [2.24, 2.45) is 4.99 Å². The summed E-state index contributed by atoms with van der Waals surface area (Å²) in [6.45, 7) is 7.35. The molecule has 0 fully saturated rings. The standard InChI is InChI=1S/C17H27N3O2S/c1-3-18-16(19-9-6-14-7-10-22-11-8-14)20-13-17(2,21)15-5-4-12-23-15/h4-5,7,12,21H,3,6,8-11,13H2,1-2H3,(H2,18,19,20). The van der Waals surface area contributed by atoms with Gasteiger partial charge < -0.3 is 20.5 Å². The number of hydrogen-bond acceptors (Lipinski definition) is 4.